The Balaban J connectivity index is 1.73. The Morgan fingerprint density at radius 3 is 2.61 bits per heavy atom. The van der Waals surface area contributed by atoms with Crippen molar-refractivity contribution in [3.8, 4) is 0 Å². The van der Waals surface area contributed by atoms with Gasteiger partial charge in [0.05, 0.1) is 17.8 Å². The van der Waals surface area contributed by atoms with Crippen molar-refractivity contribution in [1.82, 2.24) is 4.90 Å². The van der Waals surface area contributed by atoms with Crippen molar-refractivity contribution in [2.24, 2.45) is 0 Å². The highest BCUT2D eigenvalue weighted by Gasteiger charge is 2.24. The Morgan fingerprint density at radius 1 is 1.22 bits per heavy atom. The predicted molar refractivity (Wildman–Crippen MR) is 91.0 cm³/mol. The van der Waals surface area contributed by atoms with Crippen molar-refractivity contribution in [2.75, 3.05) is 19.6 Å². The van der Waals surface area contributed by atoms with E-state index in [0.717, 1.165) is 48.3 Å². The Kier molecular flexibility index (Phi) is 4.83. The van der Waals surface area contributed by atoms with Gasteiger partial charge in [-0.15, -0.1) is 0 Å². The van der Waals surface area contributed by atoms with Gasteiger partial charge >= 0.3 is 0 Å². The van der Waals surface area contributed by atoms with Crippen LogP contribution in [0.25, 0.3) is 11.0 Å². The molecular formula is C19H25NO3. The second-order valence-corrected chi connectivity index (χ2v) is 6.44. The maximum Gasteiger partial charge on any atom is 0.168 e. The van der Waals surface area contributed by atoms with Gasteiger partial charge in [0.1, 0.15) is 11.3 Å². The van der Waals surface area contributed by atoms with Gasteiger partial charge in [-0.3, -0.25) is 9.69 Å². The number of nitrogens with zero attached hydrogens (tertiary/aromatic N) is 1. The lowest BCUT2D eigenvalue weighted by Gasteiger charge is -2.35. The van der Waals surface area contributed by atoms with Crippen LogP contribution < -0.4 is 0 Å². The first-order valence-electron chi connectivity index (χ1n) is 8.50. The Labute approximate surface area is 137 Å². The molecule has 1 fully saturated rings. The molecule has 1 saturated heterocycles. The van der Waals surface area contributed by atoms with Crippen molar-refractivity contribution in [3.05, 3.63) is 35.6 Å². The molecule has 1 aromatic carbocycles. The molecule has 0 bridgehead atoms. The van der Waals surface area contributed by atoms with Gasteiger partial charge in [0.2, 0.25) is 0 Å². The summed E-state index contributed by atoms with van der Waals surface area (Å²) in [7, 11) is 0. The molecule has 0 spiro atoms. The summed E-state index contributed by atoms with van der Waals surface area (Å²) in [6, 6.07) is 7.80. The molecule has 1 aromatic heterocycles. The first-order chi connectivity index (χ1) is 11.1. The topological polar surface area (TPSA) is 42.7 Å². The Hall–Kier alpha value is -1.65. The highest BCUT2D eigenvalue weighted by atomic mass is 16.5. The molecule has 4 heteroatoms. The number of ketones is 1. The number of para-hydroxylation sites is 1. The van der Waals surface area contributed by atoms with Crippen LogP contribution in [0.1, 0.15) is 43.3 Å². The number of aryl methyl sites for hydroxylation is 1. The highest BCUT2D eigenvalue weighted by Crippen LogP contribution is 2.27. The summed E-state index contributed by atoms with van der Waals surface area (Å²) in [6.45, 7) is 8.76. The van der Waals surface area contributed by atoms with E-state index in [0.29, 0.717) is 6.42 Å². The lowest BCUT2D eigenvalue weighted by atomic mass is 10.0. The third-order valence-electron chi connectivity index (χ3n) is 4.42. The van der Waals surface area contributed by atoms with E-state index in [-0.39, 0.29) is 18.0 Å². The molecule has 2 aromatic rings. The zero-order valence-electron chi connectivity index (χ0n) is 14.2. The zero-order valence-corrected chi connectivity index (χ0v) is 14.2. The normalized spacial score (nSPS) is 22.6. The molecule has 0 saturated carbocycles. The number of carbonyl (C=O) groups excluding carboxylic acids is 1. The van der Waals surface area contributed by atoms with Crippen molar-refractivity contribution in [3.63, 3.8) is 0 Å². The van der Waals surface area contributed by atoms with Crippen LogP contribution >= 0.6 is 0 Å². The molecule has 1 aliphatic heterocycles. The zero-order chi connectivity index (χ0) is 16.4. The molecule has 2 heterocycles. The highest BCUT2D eigenvalue weighted by molar-refractivity contribution is 6.08. The van der Waals surface area contributed by atoms with Gasteiger partial charge in [-0.25, -0.2) is 0 Å². The Morgan fingerprint density at radius 2 is 1.91 bits per heavy atom. The Bertz CT molecular complexity index is 681. The molecule has 2 unspecified atom stereocenters. The van der Waals surface area contributed by atoms with Crippen molar-refractivity contribution in [2.45, 2.75) is 45.8 Å². The predicted octanol–water partition coefficient (Wildman–Crippen LogP) is 3.68. The number of fused-ring (bicyclic) bond motifs is 1. The van der Waals surface area contributed by atoms with Crippen LogP contribution in [-0.4, -0.2) is 42.5 Å². The summed E-state index contributed by atoms with van der Waals surface area (Å²) in [4.78, 5) is 15.1. The van der Waals surface area contributed by atoms with Gasteiger partial charge in [0.25, 0.3) is 0 Å². The third kappa shape index (κ3) is 3.48. The minimum atomic E-state index is 0.179. The number of hydrogen-bond acceptors (Lipinski definition) is 4. The molecule has 1 aliphatic rings. The van der Waals surface area contributed by atoms with Crippen LogP contribution in [-0.2, 0) is 11.2 Å². The lowest BCUT2D eigenvalue weighted by Crippen LogP contribution is -2.46. The lowest BCUT2D eigenvalue weighted by molar-refractivity contribution is -0.0675. The first kappa shape index (κ1) is 16.2. The van der Waals surface area contributed by atoms with E-state index in [4.69, 9.17) is 9.15 Å². The van der Waals surface area contributed by atoms with Crippen LogP contribution in [0, 0.1) is 0 Å². The molecule has 4 nitrogen and oxygen atoms in total. The second-order valence-electron chi connectivity index (χ2n) is 6.44. The molecule has 0 amide bonds. The van der Waals surface area contributed by atoms with Crippen LogP contribution in [0.2, 0.25) is 0 Å². The van der Waals surface area contributed by atoms with E-state index in [9.17, 15) is 4.79 Å². The van der Waals surface area contributed by atoms with E-state index in [1.54, 1.807) is 0 Å². The average Bonchev–Trinajstić information content (AvgIpc) is 2.90. The number of rotatable bonds is 5. The molecule has 124 valence electrons. The summed E-state index contributed by atoms with van der Waals surface area (Å²) >= 11 is 0. The summed E-state index contributed by atoms with van der Waals surface area (Å²) in [5.74, 6) is 0.985. The van der Waals surface area contributed by atoms with Gasteiger partial charge in [-0.1, -0.05) is 25.1 Å². The van der Waals surface area contributed by atoms with Gasteiger partial charge in [0, 0.05) is 37.9 Å². The fourth-order valence-electron chi connectivity index (χ4n) is 3.50. The van der Waals surface area contributed by atoms with Gasteiger partial charge < -0.3 is 9.15 Å². The van der Waals surface area contributed by atoms with Crippen LogP contribution in [0.4, 0.5) is 0 Å². The summed E-state index contributed by atoms with van der Waals surface area (Å²) in [5.41, 5.74) is 1.58. The smallest absolute Gasteiger partial charge is 0.168 e. The third-order valence-corrected chi connectivity index (χ3v) is 4.42. The summed E-state index contributed by atoms with van der Waals surface area (Å²) < 4.78 is 11.6. The quantitative estimate of drug-likeness (QED) is 0.790. The molecule has 3 rings (SSSR count). The van der Waals surface area contributed by atoms with Crippen LogP contribution in [0.5, 0.6) is 0 Å². The number of morpholine rings is 1. The van der Waals surface area contributed by atoms with E-state index in [1.165, 1.54) is 0 Å². The van der Waals surface area contributed by atoms with E-state index < -0.39 is 0 Å². The van der Waals surface area contributed by atoms with E-state index >= 15 is 0 Å². The standard InChI is InChI=1S/C19H25NO3/c1-4-17-19(15-7-5-6-8-18(15)23-17)16(21)9-10-20-11-13(2)22-14(3)12-20/h5-8,13-14H,4,9-12H2,1-3H3. The fraction of sp³-hybridized carbons (Fsp3) is 0.526. The molecule has 23 heavy (non-hydrogen) atoms. The van der Waals surface area contributed by atoms with Gasteiger partial charge in [0.15, 0.2) is 5.78 Å². The SMILES string of the molecule is CCc1oc2ccccc2c1C(=O)CCN1CC(C)OC(C)C1. The number of ether oxygens (including phenoxy) is 1. The number of Topliss-reactive ketones (excluding diaryl/α,β-unsaturated/α-hetero) is 1. The van der Waals surface area contributed by atoms with Crippen LogP contribution in [0.3, 0.4) is 0 Å². The van der Waals surface area contributed by atoms with Gasteiger partial charge in [-0.05, 0) is 19.9 Å². The second kappa shape index (κ2) is 6.85. The van der Waals surface area contributed by atoms with Crippen LogP contribution in [0.15, 0.2) is 28.7 Å². The minimum absolute atomic E-state index is 0.179. The number of benzene rings is 1. The molecular weight excluding hydrogens is 290 g/mol. The number of furan rings is 1. The molecule has 0 N–H and O–H groups in total. The number of hydrogen-bond donors (Lipinski definition) is 0. The largest absolute Gasteiger partial charge is 0.460 e. The summed E-state index contributed by atoms with van der Waals surface area (Å²) in [6.07, 6.45) is 1.72. The van der Waals surface area contributed by atoms with E-state index in [1.807, 2.05) is 31.2 Å². The van der Waals surface area contributed by atoms with Crippen molar-refractivity contribution >= 4 is 16.8 Å². The minimum Gasteiger partial charge on any atom is -0.460 e. The monoisotopic (exact) mass is 315 g/mol. The summed E-state index contributed by atoms with van der Waals surface area (Å²) in [5, 5.41) is 0.943. The van der Waals surface area contributed by atoms with Gasteiger partial charge in [-0.2, -0.15) is 0 Å². The fourth-order valence-corrected chi connectivity index (χ4v) is 3.50. The van der Waals surface area contributed by atoms with Crippen molar-refractivity contribution in [1.29, 1.82) is 0 Å². The molecule has 2 atom stereocenters. The molecule has 0 aliphatic carbocycles. The maximum absolute atomic E-state index is 12.8. The number of carbonyl (C=O) groups is 1. The van der Waals surface area contributed by atoms with E-state index in [2.05, 4.69) is 18.7 Å². The maximum atomic E-state index is 12.8. The van der Waals surface area contributed by atoms with Crippen molar-refractivity contribution < 1.29 is 13.9 Å². The first-order valence-corrected chi connectivity index (χ1v) is 8.50. The molecule has 0 radical (unpaired) electrons. The average molecular weight is 315 g/mol.